The molecule has 2 aromatic carbocycles. The zero-order valence-corrected chi connectivity index (χ0v) is 13.3. The lowest BCUT2D eigenvalue weighted by molar-refractivity contribution is -2.00. The van der Waals surface area contributed by atoms with Crippen molar-refractivity contribution < 1.29 is 28.9 Å². The van der Waals surface area contributed by atoms with Crippen LogP contribution in [-0.4, -0.2) is 0 Å². The number of hydrogen-bond donors (Lipinski definition) is 0. The number of rotatable bonds is 1. The first-order valence-corrected chi connectivity index (χ1v) is 8.39. The molecule has 0 amide bonds. The molecule has 0 saturated heterocycles. The molecule has 22 heavy (non-hydrogen) atoms. The van der Waals surface area contributed by atoms with E-state index in [1.54, 1.807) is 0 Å². The summed E-state index contributed by atoms with van der Waals surface area (Å²) in [5.41, 5.74) is 2.64. The minimum Gasteiger partial charge on any atom is -0.222 e. The quantitative estimate of drug-likeness (QED) is 0.601. The van der Waals surface area contributed by atoms with E-state index in [2.05, 4.69) is 67.6 Å². The van der Waals surface area contributed by atoms with E-state index in [0.29, 0.717) is 0 Å². The first-order chi connectivity index (χ1) is 10.3. The fraction of sp³-hybridized carbons (Fsp3) is 0.0625. The van der Waals surface area contributed by atoms with E-state index in [-0.39, 0.29) is 0 Å². The molecule has 0 aliphatic carbocycles. The Kier molecular flexibility index (Phi) is 5.42. The monoisotopic (exact) mass is 336 g/mol. The number of aryl methyl sites for hydroxylation is 1. The summed E-state index contributed by atoms with van der Waals surface area (Å²) in [6, 6.07) is 21.4. The van der Waals surface area contributed by atoms with Gasteiger partial charge in [0, 0.05) is 23.1 Å². The van der Waals surface area contributed by atoms with Gasteiger partial charge in [0.1, 0.15) is 0 Å². The van der Waals surface area contributed by atoms with Crippen molar-refractivity contribution in [2.45, 2.75) is 6.92 Å². The first kappa shape index (κ1) is 16.8. The van der Waals surface area contributed by atoms with E-state index >= 15 is 0 Å². The van der Waals surface area contributed by atoms with Gasteiger partial charge >= 0.3 is 0 Å². The molecule has 0 aliphatic rings. The van der Waals surface area contributed by atoms with Crippen molar-refractivity contribution >= 4 is 21.4 Å². The second-order valence-corrected chi connectivity index (χ2v) is 6.37. The van der Waals surface area contributed by atoms with Gasteiger partial charge in [0.25, 0.3) is 0 Å². The molecule has 0 radical (unpaired) electrons. The van der Waals surface area contributed by atoms with Crippen LogP contribution in [0.3, 0.4) is 0 Å². The van der Waals surface area contributed by atoms with Crippen LogP contribution in [0.5, 0.6) is 0 Å². The zero-order valence-electron chi connectivity index (χ0n) is 11.7. The molecule has 0 N–H and O–H groups in total. The van der Waals surface area contributed by atoms with E-state index in [1.165, 1.54) is 26.1 Å². The standard InChI is InChI=1S/C16H13S.ClHO4/c1-12-11-16(13-7-3-2-4-8-13)17-15-10-6-5-9-14(12)15;2-1(3,4)5/h2-11H,1H3;(H,2,3,4,5)/q+1;/p-1. The third kappa shape index (κ3) is 4.99. The zero-order chi connectivity index (χ0) is 16.2. The van der Waals surface area contributed by atoms with Crippen molar-refractivity contribution in [3.05, 3.63) is 66.2 Å². The third-order valence-electron chi connectivity index (χ3n) is 2.94. The fourth-order valence-corrected chi connectivity index (χ4v) is 3.26. The molecule has 0 unspecified atom stereocenters. The molecule has 3 rings (SSSR count). The van der Waals surface area contributed by atoms with E-state index in [0.717, 1.165) is 0 Å². The van der Waals surface area contributed by atoms with Crippen molar-refractivity contribution in [2.24, 2.45) is 0 Å². The molecular formula is C16H13ClO4S. The summed E-state index contributed by atoms with van der Waals surface area (Å²) in [5.74, 6) is 0. The summed E-state index contributed by atoms with van der Waals surface area (Å²) >= 11 is 1.85. The molecule has 114 valence electrons. The van der Waals surface area contributed by atoms with Crippen LogP contribution in [0.25, 0.3) is 20.5 Å². The topological polar surface area (TPSA) is 92.2 Å². The average Bonchev–Trinajstić information content (AvgIpc) is 2.46. The van der Waals surface area contributed by atoms with Crippen LogP contribution < -0.4 is 18.6 Å². The normalized spacial score (nSPS) is 11.0. The second kappa shape index (κ2) is 7.11. The summed E-state index contributed by atoms with van der Waals surface area (Å²) in [4.78, 5) is 1.34. The largest absolute Gasteiger partial charge is 0.239 e. The molecule has 0 bridgehead atoms. The van der Waals surface area contributed by atoms with Gasteiger partial charge in [-0.1, -0.05) is 30.3 Å². The van der Waals surface area contributed by atoms with Crippen molar-refractivity contribution in [3.8, 4) is 10.4 Å². The minimum atomic E-state index is -4.94. The van der Waals surface area contributed by atoms with Crippen LogP contribution in [0.4, 0.5) is 0 Å². The van der Waals surface area contributed by atoms with Crippen molar-refractivity contribution in [3.63, 3.8) is 0 Å². The predicted molar refractivity (Wildman–Crippen MR) is 76.4 cm³/mol. The van der Waals surface area contributed by atoms with Crippen LogP contribution in [0, 0.1) is 17.2 Å². The molecule has 0 spiro atoms. The summed E-state index contributed by atoms with van der Waals surface area (Å²) in [5, 5.41) is 1.36. The average molecular weight is 337 g/mol. The highest BCUT2D eigenvalue weighted by atomic mass is 35.7. The lowest BCUT2D eigenvalue weighted by Gasteiger charge is -2.17. The van der Waals surface area contributed by atoms with Gasteiger partial charge < -0.3 is 0 Å². The Hall–Kier alpha value is -1.60. The molecule has 0 saturated carbocycles. The number of halogens is 1. The number of hydrogen-bond acceptors (Lipinski definition) is 4. The fourth-order valence-electron chi connectivity index (χ4n) is 2.05. The molecule has 6 heteroatoms. The third-order valence-corrected chi connectivity index (χ3v) is 4.09. The van der Waals surface area contributed by atoms with Gasteiger partial charge in [0.2, 0.25) is 20.9 Å². The lowest BCUT2D eigenvalue weighted by Crippen LogP contribution is -2.68. The van der Waals surface area contributed by atoms with E-state index in [1.807, 2.05) is 11.3 Å². The molecule has 4 nitrogen and oxygen atoms in total. The molecule has 1 heterocycles. The van der Waals surface area contributed by atoms with Crippen molar-refractivity contribution in [2.75, 3.05) is 0 Å². The Morgan fingerprint density at radius 2 is 1.36 bits per heavy atom. The SMILES string of the molecule is Cc1cc(-c2ccccc2)[s+]c2ccccc12.[O-][Cl+3]([O-])([O-])[O-]. The Morgan fingerprint density at radius 3 is 2.00 bits per heavy atom. The van der Waals surface area contributed by atoms with Gasteiger partial charge in [-0.3, -0.25) is 0 Å². The minimum absolute atomic E-state index is 1.30. The van der Waals surface area contributed by atoms with Crippen molar-refractivity contribution in [1.29, 1.82) is 0 Å². The van der Waals surface area contributed by atoms with E-state index in [9.17, 15) is 0 Å². The highest BCUT2D eigenvalue weighted by Gasteiger charge is 2.14. The molecule has 0 atom stereocenters. The molecule has 1 aromatic heterocycles. The Labute approximate surface area is 134 Å². The van der Waals surface area contributed by atoms with Gasteiger partial charge in [0.15, 0.2) is 0 Å². The number of fused-ring (bicyclic) bond motifs is 1. The van der Waals surface area contributed by atoms with E-state index < -0.39 is 10.2 Å². The first-order valence-electron chi connectivity index (χ1n) is 6.34. The maximum Gasteiger partial charge on any atom is 0.239 e. The van der Waals surface area contributed by atoms with Gasteiger partial charge in [-0.2, -0.15) is 0 Å². The van der Waals surface area contributed by atoms with Crippen molar-refractivity contribution in [1.82, 2.24) is 0 Å². The lowest BCUT2D eigenvalue weighted by atomic mass is 10.1. The maximum absolute atomic E-state index is 8.49. The van der Waals surface area contributed by atoms with Crippen LogP contribution in [0.2, 0.25) is 0 Å². The van der Waals surface area contributed by atoms with E-state index in [4.69, 9.17) is 18.6 Å². The number of benzene rings is 2. The second-order valence-electron chi connectivity index (χ2n) is 4.53. The van der Waals surface area contributed by atoms with Crippen LogP contribution in [0.1, 0.15) is 5.56 Å². The summed E-state index contributed by atoms with van der Waals surface area (Å²) in [7, 11) is -4.94. The molecule has 0 aliphatic heterocycles. The van der Waals surface area contributed by atoms with Gasteiger partial charge in [-0.05, 0) is 30.7 Å². The summed E-state index contributed by atoms with van der Waals surface area (Å²) in [6.07, 6.45) is 0. The van der Waals surface area contributed by atoms with Gasteiger partial charge in [-0.15, -0.1) is 10.2 Å². The van der Waals surface area contributed by atoms with Crippen LogP contribution >= 0.6 is 11.3 Å². The van der Waals surface area contributed by atoms with Gasteiger partial charge in [0.05, 0.1) is 0 Å². The maximum atomic E-state index is 8.49. The molecule has 0 fully saturated rings. The highest BCUT2D eigenvalue weighted by molar-refractivity contribution is 7.21. The molecule has 3 aromatic rings. The Bertz CT molecular complexity index is 751. The Balaban J connectivity index is 0.000000309. The highest BCUT2D eigenvalue weighted by Crippen LogP contribution is 2.32. The molecular weight excluding hydrogens is 324 g/mol. The summed E-state index contributed by atoms with van der Waals surface area (Å²) < 4.78 is 35.3. The Morgan fingerprint density at radius 1 is 0.818 bits per heavy atom. The summed E-state index contributed by atoms with van der Waals surface area (Å²) in [6.45, 7) is 2.18. The van der Waals surface area contributed by atoms with Crippen LogP contribution in [-0.2, 0) is 0 Å². The smallest absolute Gasteiger partial charge is 0.222 e. The predicted octanol–water partition coefficient (Wildman–Crippen LogP) is 0.402. The van der Waals surface area contributed by atoms with Crippen LogP contribution in [0.15, 0.2) is 60.7 Å². The van der Waals surface area contributed by atoms with Gasteiger partial charge in [-0.25, -0.2) is 18.6 Å².